The van der Waals surface area contributed by atoms with Gasteiger partial charge in [-0.05, 0) is 24.5 Å². The SMILES string of the molecule is NC1(c2cc(F)c(F)cc2N2CCOCC2)CCCCC1. The van der Waals surface area contributed by atoms with Crippen LogP contribution < -0.4 is 10.6 Å². The van der Waals surface area contributed by atoms with Crippen LogP contribution in [0.2, 0.25) is 0 Å². The Labute approximate surface area is 124 Å². The van der Waals surface area contributed by atoms with Crippen LogP contribution in [0.5, 0.6) is 0 Å². The van der Waals surface area contributed by atoms with E-state index in [1.54, 1.807) is 0 Å². The predicted octanol–water partition coefficient (Wildman–Crippen LogP) is 2.92. The molecule has 5 heteroatoms. The topological polar surface area (TPSA) is 38.5 Å². The molecule has 2 N–H and O–H groups in total. The summed E-state index contributed by atoms with van der Waals surface area (Å²) in [6, 6.07) is 2.62. The van der Waals surface area contributed by atoms with Gasteiger partial charge in [0.1, 0.15) is 0 Å². The summed E-state index contributed by atoms with van der Waals surface area (Å²) in [5.41, 5.74) is 7.51. The van der Waals surface area contributed by atoms with E-state index in [0.717, 1.165) is 43.4 Å². The molecule has 1 aromatic rings. The lowest BCUT2D eigenvalue weighted by molar-refractivity contribution is 0.122. The molecule has 1 aromatic carbocycles. The quantitative estimate of drug-likeness (QED) is 0.912. The Morgan fingerprint density at radius 3 is 2.29 bits per heavy atom. The Bertz CT molecular complexity index is 509. The van der Waals surface area contributed by atoms with E-state index in [-0.39, 0.29) is 0 Å². The zero-order valence-corrected chi connectivity index (χ0v) is 12.2. The first-order chi connectivity index (χ1) is 10.1. The number of anilines is 1. The maximum atomic E-state index is 13.8. The highest BCUT2D eigenvalue weighted by molar-refractivity contribution is 5.57. The molecule has 0 aromatic heterocycles. The molecule has 0 radical (unpaired) electrons. The molecule has 0 spiro atoms. The van der Waals surface area contributed by atoms with E-state index in [2.05, 4.69) is 4.90 Å². The second kappa shape index (κ2) is 5.89. The molecule has 1 heterocycles. The standard InChI is InChI=1S/C16H22F2N2O/c17-13-10-12(16(19)4-2-1-3-5-16)15(11-14(13)18)20-6-8-21-9-7-20/h10-11H,1-9,19H2. The number of morpholine rings is 1. The molecule has 2 aliphatic rings. The number of hydrogen-bond donors (Lipinski definition) is 1. The summed E-state index contributed by atoms with van der Waals surface area (Å²) >= 11 is 0. The molecular weight excluding hydrogens is 274 g/mol. The zero-order chi connectivity index (χ0) is 14.9. The summed E-state index contributed by atoms with van der Waals surface area (Å²) in [6.07, 6.45) is 4.90. The summed E-state index contributed by atoms with van der Waals surface area (Å²) in [7, 11) is 0. The van der Waals surface area contributed by atoms with E-state index in [9.17, 15) is 8.78 Å². The van der Waals surface area contributed by atoms with Crippen LogP contribution in [0.3, 0.4) is 0 Å². The van der Waals surface area contributed by atoms with Gasteiger partial charge in [-0.2, -0.15) is 0 Å². The van der Waals surface area contributed by atoms with Crippen molar-refractivity contribution in [3.8, 4) is 0 Å². The minimum absolute atomic E-state index is 0.541. The summed E-state index contributed by atoms with van der Waals surface area (Å²) < 4.78 is 32.9. The number of rotatable bonds is 2. The third-order valence-corrected chi connectivity index (χ3v) is 4.67. The Kier molecular flexibility index (Phi) is 4.13. The fraction of sp³-hybridized carbons (Fsp3) is 0.625. The first-order valence-electron chi connectivity index (χ1n) is 7.71. The average molecular weight is 296 g/mol. The van der Waals surface area contributed by atoms with Gasteiger partial charge in [0.2, 0.25) is 0 Å². The fourth-order valence-electron chi connectivity index (χ4n) is 3.45. The van der Waals surface area contributed by atoms with Crippen LogP contribution in [0.1, 0.15) is 37.7 Å². The highest BCUT2D eigenvalue weighted by Gasteiger charge is 2.34. The second-order valence-corrected chi connectivity index (χ2v) is 6.10. The van der Waals surface area contributed by atoms with Crippen molar-refractivity contribution in [2.24, 2.45) is 5.73 Å². The van der Waals surface area contributed by atoms with Gasteiger partial charge >= 0.3 is 0 Å². The van der Waals surface area contributed by atoms with Crippen LogP contribution in [0, 0.1) is 11.6 Å². The Hall–Kier alpha value is -1.20. The van der Waals surface area contributed by atoms with Crippen molar-refractivity contribution in [1.82, 2.24) is 0 Å². The highest BCUT2D eigenvalue weighted by atomic mass is 19.2. The van der Waals surface area contributed by atoms with Gasteiger partial charge in [0, 0.05) is 30.4 Å². The molecule has 0 atom stereocenters. The van der Waals surface area contributed by atoms with Crippen LogP contribution >= 0.6 is 0 Å². The average Bonchev–Trinajstić information content (AvgIpc) is 2.51. The zero-order valence-electron chi connectivity index (χ0n) is 12.2. The van der Waals surface area contributed by atoms with Crippen LogP contribution in [-0.4, -0.2) is 26.3 Å². The number of halogens is 2. The van der Waals surface area contributed by atoms with Gasteiger partial charge in [-0.15, -0.1) is 0 Å². The van der Waals surface area contributed by atoms with E-state index in [0.29, 0.717) is 26.3 Å². The van der Waals surface area contributed by atoms with E-state index in [1.807, 2.05) is 0 Å². The molecule has 1 aliphatic heterocycles. The number of nitrogens with two attached hydrogens (primary N) is 1. The van der Waals surface area contributed by atoms with Gasteiger partial charge in [-0.3, -0.25) is 0 Å². The van der Waals surface area contributed by atoms with Crippen molar-refractivity contribution in [3.05, 3.63) is 29.3 Å². The first kappa shape index (κ1) is 14.7. The van der Waals surface area contributed by atoms with E-state index < -0.39 is 17.2 Å². The summed E-state index contributed by atoms with van der Waals surface area (Å²) in [5, 5.41) is 0. The lowest BCUT2D eigenvalue weighted by Crippen LogP contribution is -2.43. The third-order valence-electron chi connectivity index (χ3n) is 4.67. The molecule has 1 aliphatic carbocycles. The molecular formula is C16H22F2N2O. The normalized spacial score (nSPS) is 22.3. The second-order valence-electron chi connectivity index (χ2n) is 6.10. The molecule has 21 heavy (non-hydrogen) atoms. The van der Waals surface area contributed by atoms with Gasteiger partial charge in [-0.1, -0.05) is 19.3 Å². The van der Waals surface area contributed by atoms with Crippen LogP contribution in [0.4, 0.5) is 14.5 Å². The fourth-order valence-corrected chi connectivity index (χ4v) is 3.45. The number of hydrogen-bond acceptors (Lipinski definition) is 3. The molecule has 0 amide bonds. The third kappa shape index (κ3) is 2.90. The lowest BCUT2D eigenvalue weighted by Gasteiger charge is -2.39. The first-order valence-corrected chi connectivity index (χ1v) is 7.71. The van der Waals surface area contributed by atoms with E-state index in [1.165, 1.54) is 12.1 Å². The molecule has 116 valence electrons. The van der Waals surface area contributed by atoms with Crippen molar-refractivity contribution in [2.75, 3.05) is 31.2 Å². The molecule has 0 unspecified atom stereocenters. The maximum absolute atomic E-state index is 13.8. The van der Waals surface area contributed by atoms with Gasteiger partial charge in [0.25, 0.3) is 0 Å². The number of nitrogens with zero attached hydrogens (tertiary/aromatic N) is 1. The van der Waals surface area contributed by atoms with Gasteiger partial charge in [-0.25, -0.2) is 8.78 Å². The van der Waals surface area contributed by atoms with Gasteiger partial charge in [0.15, 0.2) is 11.6 Å². The summed E-state index contributed by atoms with van der Waals surface area (Å²) in [4.78, 5) is 2.06. The smallest absolute Gasteiger partial charge is 0.160 e. The van der Waals surface area contributed by atoms with Crippen molar-refractivity contribution < 1.29 is 13.5 Å². The van der Waals surface area contributed by atoms with Crippen molar-refractivity contribution in [1.29, 1.82) is 0 Å². The molecule has 2 fully saturated rings. The monoisotopic (exact) mass is 296 g/mol. The lowest BCUT2D eigenvalue weighted by atomic mass is 9.76. The largest absolute Gasteiger partial charge is 0.378 e. The summed E-state index contributed by atoms with van der Waals surface area (Å²) in [5.74, 6) is -1.61. The van der Waals surface area contributed by atoms with E-state index >= 15 is 0 Å². The number of ether oxygens (including phenoxy) is 1. The maximum Gasteiger partial charge on any atom is 0.160 e. The van der Waals surface area contributed by atoms with E-state index in [4.69, 9.17) is 10.5 Å². The summed E-state index contributed by atoms with van der Waals surface area (Å²) in [6.45, 7) is 2.59. The predicted molar refractivity (Wildman–Crippen MR) is 78.3 cm³/mol. The molecule has 3 rings (SSSR count). The molecule has 3 nitrogen and oxygen atoms in total. The minimum atomic E-state index is -0.808. The molecule has 1 saturated carbocycles. The van der Waals surface area contributed by atoms with Crippen molar-refractivity contribution >= 4 is 5.69 Å². The van der Waals surface area contributed by atoms with Gasteiger partial charge in [0.05, 0.1) is 13.2 Å². The van der Waals surface area contributed by atoms with Crippen molar-refractivity contribution in [2.45, 2.75) is 37.6 Å². The Morgan fingerprint density at radius 1 is 1.00 bits per heavy atom. The van der Waals surface area contributed by atoms with Gasteiger partial charge < -0.3 is 15.4 Å². The highest BCUT2D eigenvalue weighted by Crippen LogP contribution is 2.40. The number of benzene rings is 1. The Morgan fingerprint density at radius 2 is 1.62 bits per heavy atom. The molecule has 1 saturated heterocycles. The molecule has 0 bridgehead atoms. The Balaban J connectivity index is 2.02. The minimum Gasteiger partial charge on any atom is -0.378 e. The van der Waals surface area contributed by atoms with Crippen LogP contribution in [-0.2, 0) is 10.3 Å². The van der Waals surface area contributed by atoms with Crippen LogP contribution in [0.25, 0.3) is 0 Å². The van der Waals surface area contributed by atoms with Crippen LogP contribution in [0.15, 0.2) is 12.1 Å². The van der Waals surface area contributed by atoms with Crippen molar-refractivity contribution in [3.63, 3.8) is 0 Å².